The molecular weight excluding hydrogens is 313 g/mol. The minimum Gasteiger partial charge on any atom is -0.493 e. The van der Waals surface area contributed by atoms with Crippen molar-refractivity contribution in [1.82, 2.24) is 0 Å². The molecule has 1 N–H and O–H groups in total. The van der Waals surface area contributed by atoms with E-state index in [-0.39, 0.29) is 5.91 Å². The number of benzene rings is 2. The number of para-hydroxylation sites is 2. The fraction of sp³-hybridized carbons (Fsp3) is 0.133. The van der Waals surface area contributed by atoms with Crippen LogP contribution in [-0.2, 0) is 0 Å². The third kappa shape index (κ3) is 3.23. The van der Waals surface area contributed by atoms with E-state index in [0.717, 1.165) is 0 Å². The van der Waals surface area contributed by atoms with Crippen LogP contribution in [0.25, 0.3) is 0 Å². The highest BCUT2D eigenvalue weighted by molar-refractivity contribution is 6.40. The van der Waals surface area contributed by atoms with E-state index in [4.69, 9.17) is 32.7 Å². The zero-order valence-corrected chi connectivity index (χ0v) is 13.0. The summed E-state index contributed by atoms with van der Waals surface area (Å²) in [6.07, 6.45) is 0. The van der Waals surface area contributed by atoms with E-state index in [0.29, 0.717) is 32.8 Å². The Kier molecular flexibility index (Phi) is 4.94. The first-order valence-corrected chi connectivity index (χ1v) is 6.80. The molecule has 0 heterocycles. The van der Waals surface area contributed by atoms with Gasteiger partial charge in [-0.25, -0.2) is 0 Å². The number of carbonyl (C=O) groups is 1. The number of nitrogens with one attached hydrogen (secondary N) is 1. The molecular formula is C15H13Cl2NO3. The second-order valence-corrected chi connectivity index (χ2v) is 4.91. The largest absolute Gasteiger partial charge is 0.493 e. The van der Waals surface area contributed by atoms with Gasteiger partial charge in [0.05, 0.1) is 35.5 Å². The van der Waals surface area contributed by atoms with Crippen molar-refractivity contribution < 1.29 is 14.3 Å². The average molecular weight is 326 g/mol. The molecule has 0 spiro atoms. The molecule has 110 valence electrons. The van der Waals surface area contributed by atoms with Gasteiger partial charge in [-0.15, -0.1) is 0 Å². The lowest BCUT2D eigenvalue weighted by atomic mass is 10.1. The Morgan fingerprint density at radius 2 is 1.62 bits per heavy atom. The average Bonchev–Trinajstić information content (AvgIpc) is 2.49. The molecule has 0 fully saturated rings. The number of rotatable bonds is 4. The molecule has 0 radical (unpaired) electrons. The molecule has 2 aromatic carbocycles. The summed E-state index contributed by atoms with van der Waals surface area (Å²) in [6, 6.07) is 10.0. The molecule has 0 unspecified atom stereocenters. The zero-order valence-electron chi connectivity index (χ0n) is 11.4. The summed E-state index contributed by atoms with van der Waals surface area (Å²) < 4.78 is 10.4. The summed E-state index contributed by atoms with van der Waals surface area (Å²) in [6.45, 7) is 0. The number of hydrogen-bond donors (Lipinski definition) is 1. The molecule has 0 atom stereocenters. The maximum Gasteiger partial charge on any atom is 0.259 e. The Labute approximate surface area is 132 Å². The Balaban J connectivity index is 2.37. The van der Waals surface area contributed by atoms with E-state index in [1.807, 2.05) is 0 Å². The van der Waals surface area contributed by atoms with Crippen LogP contribution in [-0.4, -0.2) is 20.1 Å². The van der Waals surface area contributed by atoms with Crippen LogP contribution in [0.15, 0.2) is 36.4 Å². The minimum absolute atomic E-state index is 0.327. The van der Waals surface area contributed by atoms with Gasteiger partial charge in [-0.2, -0.15) is 0 Å². The van der Waals surface area contributed by atoms with Crippen LogP contribution in [0, 0.1) is 0 Å². The molecule has 0 aromatic heterocycles. The van der Waals surface area contributed by atoms with Crippen molar-refractivity contribution in [2.45, 2.75) is 0 Å². The SMILES string of the molecule is COc1cccc(C(=O)Nc2c(Cl)cccc2Cl)c1OC. The van der Waals surface area contributed by atoms with Crippen molar-refractivity contribution in [3.8, 4) is 11.5 Å². The van der Waals surface area contributed by atoms with Crippen molar-refractivity contribution in [2.24, 2.45) is 0 Å². The normalized spacial score (nSPS) is 10.1. The quantitative estimate of drug-likeness (QED) is 0.913. The number of halogens is 2. The molecule has 2 rings (SSSR count). The molecule has 0 bridgehead atoms. The summed E-state index contributed by atoms with van der Waals surface area (Å²) in [5.41, 5.74) is 0.684. The maximum absolute atomic E-state index is 12.4. The van der Waals surface area contributed by atoms with E-state index >= 15 is 0 Å². The fourth-order valence-electron chi connectivity index (χ4n) is 1.86. The second kappa shape index (κ2) is 6.70. The summed E-state index contributed by atoms with van der Waals surface area (Å²) >= 11 is 12.1. The molecule has 21 heavy (non-hydrogen) atoms. The zero-order chi connectivity index (χ0) is 15.4. The first-order valence-electron chi connectivity index (χ1n) is 6.04. The molecule has 1 amide bonds. The molecule has 0 aliphatic carbocycles. The second-order valence-electron chi connectivity index (χ2n) is 4.09. The lowest BCUT2D eigenvalue weighted by molar-refractivity contribution is 0.102. The predicted molar refractivity (Wildman–Crippen MR) is 84.0 cm³/mol. The summed E-state index contributed by atoms with van der Waals surface area (Å²) in [5.74, 6) is 0.428. The Bertz CT molecular complexity index is 654. The molecule has 4 nitrogen and oxygen atoms in total. The molecule has 6 heteroatoms. The summed E-state index contributed by atoms with van der Waals surface area (Å²) in [5, 5.41) is 3.40. The maximum atomic E-state index is 12.4. The van der Waals surface area contributed by atoms with E-state index in [9.17, 15) is 4.79 Å². The monoisotopic (exact) mass is 325 g/mol. The molecule has 0 saturated carbocycles. The minimum atomic E-state index is -0.388. The van der Waals surface area contributed by atoms with Crippen LogP contribution in [0.3, 0.4) is 0 Å². The summed E-state index contributed by atoms with van der Waals surface area (Å²) in [7, 11) is 2.97. The molecule has 0 saturated heterocycles. The van der Waals surface area contributed by atoms with Crippen molar-refractivity contribution in [3.63, 3.8) is 0 Å². The van der Waals surface area contributed by atoms with Gasteiger partial charge in [-0.3, -0.25) is 4.79 Å². The van der Waals surface area contributed by atoms with Crippen LogP contribution in [0.5, 0.6) is 11.5 Å². The number of ether oxygens (including phenoxy) is 2. The Morgan fingerprint density at radius 3 is 2.19 bits per heavy atom. The van der Waals surface area contributed by atoms with Gasteiger partial charge in [0.2, 0.25) is 0 Å². The van der Waals surface area contributed by atoms with Gasteiger partial charge < -0.3 is 14.8 Å². The van der Waals surface area contributed by atoms with E-state index < -0.39 is 0 Å². The topological polar surface area (TPSA) is 47.6 Å². The fourth-order valence-corrected chi connectivity index (χ4v) is 2.36. The predicted octanol–water partition coefficient (Wildman–Crippen LogP) is 4.26. The molecule has 2 aromatic rings. The number of methoxy groups -OCH3 is 2. The van der Waals surface area contributed by atoms with Gasteiger partial charge in [0, 0.05) is 0 Å². The Morgan fingerprint density at radius 1 is 1.00 bits per heavy atom. The standard InChI is InChI=1S/C15H13Cl2NO3/c1-20-12-8-3-5-9(14(12)21-2)15(19)18-13-10(16)6-4-7-11(13)17/h3-8H,1-2H3,(H,18,19). The van der Waals surface area contributed by atoms with Crippen LogP contribution in [0.2, 0.25) is 10.0 Å². The van der Waals surface area contributed by atoms with Crippen LogP contribution < -0.4 is 14.8 Å². The van der Waals surface area contributed by atoms with Crippen molar-refractivity contribution >= 4 is 34.8 Å². The van der Waals surface area contributed by atoms with Gasteiger partial charge in [-0.1, -0.05) is 35.3 Å². The third-order valence-electron chi connectivity index (χ3n) is 2.85. The van der Waals surface area contributed by atoms with Crippen molar-refractivity contribution in [3.05, 3.63) is 52.0 Å². The number of hydrogen-bond acceptors (Lipinski definition) is 3. The number of carbonyl (C=O) groups excluding carboxylic acids is 1. The van der Waals surface area contributed by atoms with Crippen molar-refractivity contribution in [2.75, 3.05) is 19.5 Å². The third-order valence-corrected chi connectivity index (χ3v) is 3.48. The summed E-state index contributed by atoms with van der Waals surface area (Å²) in [4.78, 5) is 12.4. The van der Waals surface area contributed by atoms with Crippen LogP contribution in [0.4, 0.5) is 5.69 Å². The smallest absolute Gasteiger partial charge is 0.259 e. The van der Waals surface area contributed by atoms with Gasteiger partial charge in [0.25, 0.3) is 5.91 Å². The highest BCUT2D eigenvalue weighted by Crippen LogP contribution is 2.33. The van der Waals surface area contributed by atoms with Gasteiger partial charge in [0.1, 0.15) is 0 Å². The lowest BCUT2D eigenvalue weighted by Crippen LogP contribution is -2.14. The van der Waals surface area contributed by atoms with E-state index in [1.54, 1.807) is 36.4 Å². The first kappa shape index (κ1) is 15.5. The van der Waals surface area contributed by atoms with Crippen LogP contribution in [0.1, 0.15) is 10.4 Å². The number of anilines is 1. The van der Waals surface area contributed by atoms with Crippen LogP contribution >= 0.6 is 23.2 Å². The van der Waals surface area contributed by atoms with Crippen molar-refractivity contribution in [1.29, 1.82) is 0 Å². The van der Waals surface area contributed by atoms with Gasteiger partial charge >= 0.3 is 0 Å². The Hall–Kier alpha value is -1.91. The number of amides is 1. The van der Waals surface area contributed by atoms with E-state index in [2.05, 4.69) is 5.32 Å². The van der Waals surface area contributed by atoms with Gasteiger partial charge in [0.15, 0.2) is 11.5 Å². The highest BCUT2D eigenvalue weighted by Gasteiger charge is 2.18. The molecule has 0 aliphatic heterocycles. The van der Waals surface area contributed by atoms with E-state index in [1.165, 1.54) is 14.2 Å². The van der Waals surface area contributed by atoms with Gasteiger partial charge in [-0.05, 0) is 24.3 Å². The lowest BCUT2D eigenvalue weighted by Gasteiger charge is -2.13. The first-order chi connectivity index (χ1) is 10.1. The highest BCUT2D eigenvalue weighted by atomic mass is 35.5. The molecule has 0 aliphatic rings.